The smallest absolute Gasteiger partial charge is 0.246 e. The molecule has 4 rings (SSSR count). The lowest BCUT2D eigenvalue weighted by Crippen LogP contribution is -2.40. The van der Waals surface area contributed by atoms with E-state index in [-0.39, 0.29) is 17.6 Å². The summed E-state index contributed by atoms with van der Waals surface area (Å²) in [6, 6.07) is 10.5. The molecule has 122 valence electrons. The first kappa shape index (κ1) is 14.8. The maximum absolute atomic E-state index is 6.05. The Hall–Kier alpha value is -1.72. The SMILES string of the molecule is C[C@@H]1CN(C)C[C@H](c2nnc(C3(Cc4ccccc4)CC3)o2)O1. The zero-order valence-corrected chi connectivity index (χ0v) is 13.7. The van der Waals surface area contributed by atoms with E-state index in [1.54, 1.807) is 0 Å². The number of hydrogen-bond acceptors (Lipinski definition) is 5. The molecule has 2 fully saturated rings. The molecule has 5 heteroatoms. The molecule has 0 spiro atoms. The minimum atomic E-state index is -0.113. The lowest BCUT2D eigenvalue weighted by atomic mass is 9.96. The normalized spacial score (nSPS) is 27.0. The quantitative estimate of drug-likeness (QED) is 0.868. The Morgan fingerprint density at radius 2 is 1.96 bits per heavy atom. The van der Waals surface area contributed by atoms with Crippen LogP contribution < -0.4 is 0 Å². The average Bonchev–Trinajstić information content (AvgIpc) is 3.12. The van der Waals surface area contributed by atoms with Gasteiger partial charge in [0.1, 0.15) is 6.10 Å². The van der Waals surface area contributed by atoms with Crippen molar-refractivity contribution < 1.29 is 9.15 Å². The first-order chi connectivity index (χ1) is 11.1. The monoisotopic (exact) mass is 313 g/mol. The maximum Gasteiger partial charge on any atom is 0.246 e. The van der Waals surface area contributed by atoms with Gasteiger partial charge in [-0.05, 0) is 38.8 Å². The standard InChI is InChI=1S/C18H23N3O2/c1-13-11-21(2)12-15(22-13)16-19-20-17(23-16)18(8-9-18)10-14-6-4-3-5-7-14/h3-7,13,15H,8-12H2,1-2H3/t13-,15-/m1/s1. The zero-order valence-electron chi connectivity index (χ0n) is 13.7. The largest absolute Gasteiger partial charge is 0.422 e. The van der Waals surface area contributed by atoms with Gasteiger partial charge >= 0.3 is 0 Å². The van der Waals surface area contributed by atoms with Crippen molar-refractivity contribution in [3.63, 3.8) is 0 Å². The molecule has 23 heavy (non-hydrogen) atoms. The summed E-state index contributed by atoms with van der Waals surface area (Å²) >= 11 is 0. The van der Waals surface area contributed by atoms with Gasteiger partial charge in [0.05, 0.1) is 11.5 Å². The molecule has 0 radical (unpaired) electrons. The number of likely N-dealkylation sites (N-methyl/N-ethyl adjacent to an activating group) is 1. The van der Waals surface area contributed by atoms with Crippen molar-refractivity contribution in [1.82, 2.24) is 15.1 Å². The van der Waals surface area contributed by atoms with Crippen molar-refractivity contribution in [1.29, 1.82) is 0 Å². The molecule has 1 aromatic carbocycles. The summed E-state index contributed by atoms with van der Waals surface area (Å²) in [5.74, 6) is 1.40. The zero-order chi connectivity index (χ0) is 15.9. The molecule has 0 N–H and O–H groups in total. The van der Waals surface area contributed by atoms with Crippen LogP contribution >= 0.6 is 0 Å². The number of benzene rings is 1. The van der Waals surface area contributed by atoms with Crippen LogP contribution in [0.25, 0.3) is 0 Å². The van der Waals surface area contributed by atoms with Crippen LogP contribution in [0.1, 0.15) is 43.2 Å². The van der Waals surface area contributed by atoms with Gasteiger partial charge in [0.25, 0.3) is 0 Å². The molecular weight excluding hydrogens is 290 g/mol. The summed E-state index contributed by atoms with van der Waals surface area (Å²) in [4.78, 5) is 2.25. The van der Waals surface area contributed by atoms with E-state index in [4.69, 9.17) is 9.15 Å². The fourth-order valence-corrected chi connectivity index (χ4v) is 3.48. The van der Waals surface area contributed by atoms with E-state index < -0.39 is 0 Å². The molecule has 0 unspecified atom stereocenters. The van der Waals surface area contributed by atoms with Gasteiger partial charge in [0, 0.05) is 13.1 Å². The summed E-state index contributed by atoms with van der Waals surface area (Å²) in [6.45, 7) is 3.82. The number of hydrogen-bond donors (Lipinski definition) is 0. The lowest BCUT2D eigenvalue weighted by Gasteiger charge is -2.32. The van der Waals surface area contributed by atoms with Gasteiger partial charge in [0.15, 0.2) is 0 Å². The highest BCUT2D eigenvalue weighted by Crippen LogP contribution is 2.50. The van der Waals surface area contributed by atoms with Crippen molar-refractivity contribution in [2.75, 3.05) is 20.1 Å². The van der Waals surface area contributed by atoms with Gasteiger partial charge < -0.3 is 14.1 Å². The van der Waals surface area contributed by atoms with Crippen molar-refractivity contribution >= 4 is 0 Å². The molecule has 5 nitrogen and oxygen atoms in total. The molecule has 0 bridgehead atoms. The third kappa shape index (κ3) is 3.03. The van der Waals surface area contributed by atoms with Crippen molar-refractivity contribution in [2.45, 2.75) is 43.8 Å². The van der Waals surface area contributed by atoms with E-state index in [9.17, 15) is 0 Å². The molecular formula is C18H23N3O2. The molecule has 2 aliphatic rings. The van der Waals surface area contributed by atoms with E-state index >= 15 is 0 Å². The number of morpholine rings is 1. The van der Waals surface area contributed by atoms with Crippen molar-refractivity contribution in [2.24, 2.45) is 0 Å². The first-order valence-corrected chi connectivity index (χ1v) is 8.36. The third-order valence-electron chi connectivity index (χ3n) is 4.85. The highest BCUT2D eigenvalue weighted by Gasteiger charge is 2.49. The fourth-order valence-electron chi connectivity index (χ4n) is 3.48. The molecule has 1 aliphatic carbocycles. The molecule has 0 amide bonds. The molecule has 2 atom stereocenters. The molecule has 1 aliphatic heterocycles. The van der Waals surface area contributed by atoms with Crippen LogP contribution in [-0.4, -0.2) is 41.3 Å². The Morgan fingerprint density at radius 3 is 2.65 bits per heavy atom. The number of ether oxygens (including phenoxy) is 1. The topological polar surface area (TPSA) is 51.4 Å². The minimum Gasteiger partial charge on any atom is -0.422 e. The Morgan fingerprint density at radius 1 is 1.17 bits per heavy atom. The lowest BCUT2D eigenvalue weighted by molar-refractivity contribution is -0.0827. The number of rotatable bonds is 4. The summed E-state index contributed by atoms with van der Waals surface area (Å²) in [6.07, 6.45) is 3.28. The number of nitrogens with zero attached hydrogens (tertiary/aromatic N) is 3. The maximum atomic E-state index is 6.05. The van der Waals surface area contributed by atoms with Crippen LogP contribution in [0, 0.1) is 0 Å². The van der Waals surface area contributed by atoms with E-state index in [0.717, 1.165) is 38.2 Å². The Bertz CT molecular complexity index is 656. The van der Waals surface area contributed by atoms with Gasteiger partial charge in [-0.1, -0.05) is 30.3 Å². The van der Waals surface area contributed by atoms with Crippen LogP contribution in [0.2, 0.25) is 0 Å². The van der Waals surface area contributed by atoms with Crippen LogP contribution in [0.3, 0.4) is 0 Å². The highest BCUT2D eigenvalue weighted by atomic mass is 16.5. The Labute approximate surface area is 136 Å². The second-order valence-corrected chi connectivity index (χ2v) is 7.04. The average molecular weight is 313 g/mol. The second-order valence-electron chi connectivity index (χ2n) is 7.04. The van der Waals surface area contributed by atoms with E-state index in [0.29, 0.717) is 5.89 Å². The first-order valence-electron chi connectivity index (χ1n) is 8.36. The van der Waals surface area contributed by atoms with Gasteiger partial charge in [-0.3, -0.25) is 0 Å². The van der Waals surface area contributed by atoms with Gasteiger partial charge in [-0.2, -0.15) is 0 Å². The Kier molecular flexibility index (Phi) is 3.70. The second kappa shape index (κ2) is 5.73. The summed E-state index contributed by atoms with van der Waals surface area (Å²) in [5, 5.41) is 8.64. The molecule has 1 aromatic heterocycles. The van der Waals surface area contributed by atoms with Crippen molar-refractivity contribution in [3.05, 3.63) is 47.7 Å². The van der Waals surface area contributed by atoms with E-state index in [1.807, 2.05) is 6.07 Å². The molecule has 1 saturated carbocycles. The van der Waals surface area contributed by atoms with E-state index in [1.165, 1.54) is 5.56 Å². The van der Waals surface area contributed by atoms with Crippen LogP contribution in [0.5, 0.6) is 0 Å². The van der Waals surface area contributed by atoms with Gasteiger partial charge in [0.2, 0.25) is 11.8 Å². The Balaban J connectivity index is 1.51. The summed E-state index contributed by atoms with van der Waals surface area (Å²) in [7, 11) is 2.10. The summed E-state index contributed by atoms with van der Waals surface area (Å²) < 4.78 is 12.0. The highest BCUT2D eigenvalue weighted by molar-refractivity contribution is 5.25. The van der Waals surface area contributed by atoms with Crippen LogP contribution in [-0.2, 0) is 16.6 Å². The summed E-state index contributed by atoms with van der Waals surface area (Å²) in [5.41, 5.74) is 1.37. The van der Waals surface area contributed by atoms with Gasteiger partial charge in [-0.25, -0.2) is 0 Å². The molecule has 2 heterocycles. The van der Waals surface area contributed by atoms with Crippen LogP contribution in [0.15, 0.2) is 34.7 Å². The molecule has 2 aromatic rings. The number of aromatic nitrogens is 2. The molecule has 1 saturated heterocycles. The van der Waals surface area contributed by atoms with Crippen LogP contribution in [0.4, 0.5) is 0 Å². The predicted octanol–water partition coefficient (Wildman–Crippen LogP) is 2.74. The minimum absolute atomic E-state index is 0.0405. The van der Waals surface area contributed by atoms with E-state index in [2.05, 4.69) is 53.3 Å². The van der Waals surface area contributed by atoms with Gasteiger partial charge in [-0.15, -0.1) is 10.2 Å². The fraction of sp³-hybridized carbons (Fsp3) is 0.556. The van der Waals surface area contributed by atoms with Crippen molar-refractivity contribution in [3.8, 4) is 0 Å². The third-order valence-corrected chi connectivity index (χ3v) is 4.85. The predicted molar refractivity (Wildman–Crippen MR) is 86.1 cm³/mol.